The van der Waals surface area contributed by atoms with Gasteiger partial charge in [0.15, 0.2) is 11.2 Å². The highest BCUT2D eigenvalue weighted by molar-refractivity contribution is 7.90. The summed E-state index contributed by atoms with van der Waals surface area (Å²) in [5.74, 6) is 0. The molecule has 0 fully saturated rings. The van der Waals surface area contributed by atoms with E-state index in [1.807, 2.05) is 35.8 Å². The largest absolute Gasteiger partial charge is 0.608 e. The Morgan fingerprint density at radius 1 is 1.18 bits per heavy atom. The summed E-state index contributed by atoms with van der Waals surface area (Å²) in [6.45, 7) is 1.94. The van der Waals surface area contributed by atoms with Gasteiger partial charge >= 0.3 is 5.22 Å². The van der Waals surface area contributed by atoms with Crippen LogP contribution in [0.15, 0.2) is 46.4 Å². The van der Waals surface area contributed by atoms with Gasteiger partial charge < -0.3 is 8.97 Å². The van der Waals surface area contributed by atoms with Crippen LogP contribution in [0.25, 0.3) is 28.0 Å². The molecule has 7 heteroatoms. The molecule has 6 nitrogen and oxygen atoms in total. The van der Waals surface area contributed by atoms with Gasteiger partial charge in [0, 0.05) is 22.9 Å². The molecular formula is C15H12N4O2S. The molecule has 0 aliphatic carbocycles. The molecule has 4 rings (SSSR count). The standard InChI is InChI=1S/C15H12N4O2S/c1-9-12(19-8-17-11-4-3-7-16-14(11)19)6-5-10-13(9)21-15(18-10)22(2)20/h3-8H,1-2H3. The Bertz CT molecular complexity index is 990. The third kappa shape index (κ3) is 1.90. The zero-order valence-corrected chi connectivity index (χ0v) is 12.8. The highest BCUT2D eigenvalue weighted by Gasteiger charge is 2.18. The SMILES string of the molecule is Cc1c(-n2cnc3cccnc32)ccc2nc([S+](C)[O-])oc12. The molecule has 0 radical (unpaired) electrons. The van der Waals surface area contributed by atoms with Crippen molar-refractivity contribution in [3.05, 3.63) is 42.4 Å². The van der Waals surface area contributed by atoms with Gasteiger partial charge in [-0.15, -0.1) is 0 Å². The van der Waals surface area contributed by atoms with Gasteiger partial charge in [-0.25, -0.2) is 9.97 Å². The van der Waals surface area contributed by atoms with Crippen LogP contribution in [0.4, 0.5) is 0 Å². The van der Waals surface area contributed by atoms with Crippen molar-refractivity contribution in [2.45, 2.75) is 12.1 Å². The number of benzene rings is 1. The van der Waals surface area contributed by atoms with Gasteiger partial charge in [-0.3, -0.25) is 4.57 Å². The average Bonchev–Trinajstić information content (AvgIpc) is 3.12. The molecule has 4 aromatic rings. The third-order valence-corrected chi connectivity index (χ3v) is 4.24. The van der Waals surface area contributed by atoms with E-state index in [9.17, 15) is 4.55 Å². The highest BCUT2D eigenvalue weighted by atomic mass is 32.2. The zero-order chi connectivity index (χ0) is 15.3. The molecule has 0 aliphatic heterocycles. The number of hydrogen-bond donors (Lipinski definition) is 0. The van der Waals surface area contributed by atoms with E-state index < -0.39 is 11.2 Å². The lowest BCUT2D eigenvalue weighted by molar-refractivity contribution is 0.459. The van der Waals surface area contributed by atoms with Crippen LogP contribution in [0.1, 0.15) is 5.56 Å². The van der Waals surface area contributed by atoms with E-state index in [4.69, 9.17) is 4.42 Å². The number of hydrogen-bond acceptors (Lipinski definition) is 5. The second-order valence-corrected chi connectivity index (χ2v) is 6.21. The van der Waals surface area contributed by atoms with Crippen LogP contribution in [0.3, 0.4) is 0 Å². The van der Waals surface area contributed by atoms with Gasteiger partial charge in [-0.2, -0.15) is 4.98 Å². The molecule has 1 atom stereocenters. The second-order valence-electron chi connectivity index (χ2n) is 4.95. The molecule has 0 bridgehead atoms. The smallest absolute Gasteiger partial charge is 0.415 e. The van der Waals surface area contributed by atoms with Crippen LogP contribution in [0, 0.1) is 6.92 Å². The Labute approximate surface area is 129 Å². The fourth-order valence-electron chi connectivity index (χ4n) is 2.50. The Morgan fingerprint density at radius 2 is 2.05 bits per heavy atom. The molecule has 3 aromatic heterocycles. The molecule has 22 heavy (non-hydrogen) atoms. The molecule has 1 aromatic carbocycles. The number of oxazole rings is 1. The van der Waals surface area contributed by atoms with E-state index in [2.05, 4.69) is 15.0 Å². The lowest BCUT2D eigenvalue weighted by Crippen LogP contribution is -1.96. The number of aromatic nitrogens is 4. The number of pyridine rings is 1. The van der Waals surface area contributed by atoms with Crippen LogP contribution in [-0.2, 0) is 11.2 Å². The number of fused-ring (bicyclic) bond motifs is 2. The predicted octanol–water partition coefficient (Wildman–Crippen LogP) is 2.61. The topological polar surface area (TPSA) is 79.8 Å². The van der Waals surface area contributed by atoms with Crippen molar-refractivity contribution in [2.24, 2.45) is 0 Å². The molecule has 0 amide bonds. The highest BCUT2D eigenvalue weighted by Crippen LogP contribution is 2.28. The van der Waals surface area contributed by atoms with Crippen molar-refractivity contribution < 1.29 is 8.97 Å². The number of imidazole rings is 1. The van der Waals surface area contributed by atoms with Crippen molar-refractivity contribution in [3.63, 3.8) is 0 Å². The molecule has 0 saturated carbocycles. The van der Waals surface area contributed by atoms with Crippen molar-refractivity contribution in [1.82, 2.24) is 19.5 Å². The minimum atomic E-state index is -1.24. The normalized spacial score (nSPS) is 13.0. The predicted molar refractivity (Wildman–Crippen MR) is 83.5 cm³/mol. The molecule has 0 N–H and O–H groups in total. The Balaban J connectivity index is 1.97. The van der Waals surface area contributed by atoms with E-state index in [0.717, 1.165) is 22.4 Å². The maximum absolute atomic E-state index is 11.5. The Hall–Kier alpha value is -2.38. The first-order valence-electron chi connectivity index (χ1n) is 6.67. The zero-order valence-electron chi connectivity index (χ0n) is 12.0. The molecule has 1 unspecified atom stereocenters. The average molecular weight is 312 g/mol. The number of rotatable bonds is 2. The molecule has 110 valence electrons. The van der Waals surface area contributed by atoms with E-state index in [0.29, 0.717) is 11.1 Å². The first-order chi connectivity index (χ1) is 10.6. The maximum atomic E-state index is 11.5. The van der Waals surface area contributed by atoms with Crippen LogP contribution >= 0.6 is 0 Å². The van der Waals surface area contributed by atoms with E-state index in [-0.39, 0.29) is 5.22 Å². The molecular weight excluding hydrogens is 300 g/mol. The lowest BCUT2D eigenvalue weighted by Gasteiger charge is -2.07. The number of nitrogens with zero attached hydrogens (tertiary/aromatic N) is 4. The summed E-state index contributed by atoms with van der Waals surface area (Å²) in [5.41, 5.74) is 4.77. The van der Waals surface area contributed by atoms with Gasteiger partial charge in [0.1, 0.15) is 23.6 Å². The fourth-order valence-corrected chi connectivity index (χ4v) is 2.93. The van der Waals surface area contributed by atoms with Gasteiger partial charge in [-0.1, -0.05) is 0 Å². The van der Waals surface area contributed by atoms with Crippen molar-refractivity contribution in [3.8, 4) is 5.69 Å². The lowest BCUT2D eigenvalue weighted by atomic mass is 10.1. The van der Waals surface area contributed by atoms with Gasteiger partial charge in [0.05, 0.1) is 5.69 Å². The Kier molecular flexibility index (Phi) is 2.91. The van der Waals surface area contributed by atoms with E-state index in [1.54, 1.807) is 18.8 Å². The third-order valence-electron chi connectivity index (χ3n) is 3.57. The van der Waals surface area contributed by atoms with Gasteiger partial charge in [-0.05, 0) is 31.2 Å². The Morgan fingerprint density at radius 3 is 2.86 bits per heavy atom. The molecule has 0 saturated heterocycles. The first kappa shape index (κ1) is 13.3. The summed E-state index contributed by atoms with van der Waals surface area (Å²) in [6, 6.07) is 7.57. The second kappa shape index (κ2) is 4.82. The van der Waals surface area contributed by atoms with Crippen LogP contribution in [0.2, 0.25) is 0 Å². The van der Waals surface area contributed by atoms with Crippen LogP contribution in [-0.4, -0.2) is 30.3 Å². The quantitative estimate of drug-likeness (QED) is 0.532. The molecule has 0 spiro atoms. The van der Waals surface area contributed by atoms with Crippen molar-refractivity contribution >= 4 is 33.4 Å². The summed E-state index contributed by atoms with van der Waals surface area (Å²) in [7, 11) is 0. The van der Waals surface area contributed by atoms with E-state index in [1.165, 1.54) is 0 Å². The summed E-state index contributed by atoms with van der Waals surface area (Å²) in [5, 5.41) is 0.240. The first-order valence-corrected chi connectivity index (χ1v) is 8.23. The summed E-state index contributed by atoms with van der Waals surface area (Å²) < 4.78 is 19.1. The monoisotopic (exact) mass is 312 g/mol. The minimum Gasteiger partial charge on any atom is -0.608 e. The van der Waals surface area contributed by atoms with E-state index >= 15 is 0 Å². The molecule has 0 aliphatic rings. The van der Waals surface area contributed by atoms with Crippen LogP contribution < -0.4 is 0 Å². The van der Waals surface area contributed by atoms with Gasteiger partial charge in [0.2, 0.25) is 0 Å². The number of aryl methyl sites for hydroxylation is 1. The maximum Gasteiger partial charge on any atom is 0.415 e. The van der Waals surface area contributed by atoms with Gasteiger partial charge in [0.25, 0.3) is 0 Å². The summed E-state index contributed by atoms with van der Waals surface area (Å²) >= 11 is -1.24. The van der Waals surface area contributed by atoms with Crippen molar-refractivity contribution in [1.29, 1.82) is 0 Å². The van der Waals surface area contributed by atoms with Crippen LogP contribution in [0.5, 0.6) is 0 Å². The van der Waals surface area contributed by atoms with Crippen molar-refractivity contribution in [2.75, 3.05) is 6.26 Å². The summed E-state index contributed by atoms with van der Waals surface area (Å²) in [6.07, 6.45) is 5.02. The minimum absolute atomic E-state index is 0.240. The fraction of sp³-hybridized carbons (Fsp3) is 0.133. The molecule has 3 heterocycles. The summed E-state index contributed by atoms with van der Waals surface area (Å²) in [4.78, 5) is 13.0.